The van der Waals surface area contributed by atoms with Gasteiger partial charge < -0.3 is 10.6 Å². The highest BCUT2D eigenvalue weighted by molar-refractivity contribution is 7.91. The van der Waals surface area contributed by atoms with Crippen molar-refractivity contribution in [2.24, 2.45) is 0 Å². The molecule has 0 radical (unpaired) electrons. The molecule has 19 heavy (non-hydrogen) atoms. The third kappa shape index (κ3) is 3.57. The van der Waals surface area contributed by atoms with Crippen LogP contribution in [0.2, 0.25) is 5.02 Å². The van der Waals surface area contributed by atoms with Crippen LogP contribution in [0, 0.1) is 5.82 Å². The van der Waals surface area contributed by atoms with Crippen LogP contribution in [0.5, 0.6) is 0 Å². The Bertz CT molecular complexity index is 606. The molecule has 1 fully saturated rings. The lowest BCUT2D eigenvalue weighted by Crippen LogP contribution is -2.38. The second kappa shape index (κ2) is 5.34. The van der Waals surface area contributed by atoms with Crippen LogP contribution in [-0.4, -0.2) is 32.0 Å². The Morgan fingerprint density at radius 1 is 1.42 bits per heavy atom. The Kier molecular flexibility index (Phi) is 3.96. The van der Waals surface area contributed by atoms with E-state index >= 15 is 0 Å². The zero-order chi connectivity index (χ0) is 14.0. The number of rotatable bonds is 2. The largest absolute Gasteiger partial charge is 0.334 e. The molecule has 2 rings (SSSR count). The number of sulfone groups is 1. The van der Waals surface area contributed by atoms with Gasteiger partial charge in [0.25, 0.3) is 0 Å². The minimum atomic E-state index is -3.07. The Labute approximate surface area is 115 Å². The van der Waals surface area contributed by atoms with Crippen LogP contribution < -0.4 is 10.6 Å². The number of halogens is 2. The lowest BCUT2D eigenvalue weighted by atomic mass is 10.2. The molecular formula is C11H12ClFN2O3S. The molecule has 104 valence electrons. The van der Waals surface area contributed by atoms with E-state index in [2.05, 4.69) is 10.6 Å². The first kappa shape index (κ1) is 14.1. The van der Waals surface area contributed by atoms with Crippen molar-refractivity contribution < 1.29 is 17.6 Å². The van der Waals surface area contributed by atoms with Crippen molar-refractivity contribution in [3.8, 4) is 0 Å². The lowest BCUT2D eigenvalue weighted by Gasteiger charge is -2.12. The summed E-state index contributed by atoms with van der Waals surface area (Å²) < 4.78 is 36.0. The maximum absolute atomic E-state index is 13.5. The zero-order valence-electron chi connectivity index (χ0n) is 9.82. The van der Waals surface area contributed by atoms with E-state index < -0.39 is 27.7 Å². The van der Waals surface area contributed by atoms with Gasteiger partial charge in [-0.1, -0.05) is 17.7 Å². The number of hydrogen-bond donors (Lipinski definition) is 2. The summed E-state index contributed by atoms with van der Waals surface area (Å²) in [6.07, 6.45) is 0.369. The van der Waals surface area contributed by atoms with Crippen molar-refractivity contribution >= 4 is 33.2 Å². The Balaban J connectivity index is 1.97. The molecule has 2 N–H and O–H groups in total. The van der Waals surface area contributed by atoms with Crippen molar-refractivity contribution in [3.63, 3.8) is 0 Å². The first-order valence-corrected chi connectivity index (χ1v) is 7.79. The molecule has 0 aromatic heterocycles. The van der Waals surface area contributed by atoms with Crippen LogP contribution in [0.1, 0.15) is 6.42 Å². The maximum atomic E-state index is 13.5. The van der Waals surface area contributed by atoms with Gasteiger partial charge >= 0.3 is 6.03 Å². The molecule has 2 amide bonds. The Morgan fingerprint density at radius 3 is 2.79 bits per heavy atom. The average Bonchev–Trinajstić information content (AvgIpc) is 2.64. The number of amides is 2. The van der Waals surface area contributed by atoms with Gasteiger partial charge in [-0.15, -0.1) is 0 Å². The van der Waals surface area contributed by atoms with Crippen LogP contribution in [-0.2, 0) is 9.84 Å². The molecule has 1 aromatic rings. The predicted octanol–water partition coefficient (Wildman–Crippen LogP) is 1.79. The van der Waals surface area contributed by atoms with Crippen molar-refractivity contribution in [2.75, 3.05) is 16.8 Å². The fraction of sp³-hybridized carbons (Fsp3) is 0.364. The van der Waals surface area contributed by atoms with E-state index in [4.69, 9.17) is 11.6 Å². The summed E-state index contributed by atoms with van der Waals surface area (Å²) in [6.45, 7) is 0. The Hall–Kier alpha value is -1.34. The monoisotopic (exact) mass is 306 g/mol. The van der Waals surface area contributed by atoms with E-state index in [0.29, 0.717) is 6.42 Å². The predicted molar refractivity (Wildman–Crippen MR) is 70.6 cm³/mol. The normalized spacial score (nSPS) is 21.1. The van der Waals surface area contributed by atoms with E-state index in [1.807, 2.05) is 0 Å². The summed E-state index contributed by atoms with van der Waals surface area (Å²) in [6, 6.07) is 3.15. The van der Waals surface area contributed by atoms with Gasteiger partial charge in [-0.25, -0.2) is 17.6 Å². The molecule has 1 aliphatic heterocycles. The van der Waals surface area contributed by atoms with Crippen LogP contribution in [0.15, 0.2) is 18.2 Å². The van der Waals surface area contributed by atoms with Gasteiger partial charge in [0.1, 0.15) is 0 Å². The standard InChI is InChI=1S/C11H12ClFN2O3S/c12-8-2-1-3-9(10(8)13)15-11(16)14-7-4-5-19(17,18)6-7/h1-3,7H,4-6H2,(H2,14,15,16). The van der Waals surface area contributed by atoms with Gasteiger partial charge in [-0.2, -0.15) is 0 Å². The third-order valence-electron chi connectivity index (χ3n) is 2.77. The minimum absolute atomic E-state index is 0.0501. The smallest absolute Gasteiger partial charge is 0.319 e. The number of carbonyl (C=O) groups excluding carboxylic acids is 1. The number of urea groups is 1. The van der Waals surface area contributed by atoms with Crippen molar-refractivity contribution in [3.05, 3.63) is 29.0 Å². The molecular weight excluding hydrogens is 295 g/mol. The highest BCUT2D eigenvalue weighted by atomic mass is 35.5. The van der Waals surface area contributed by atoms with Crippen molar-refractivity contribution in [2.45, 2.75) is 12.5 Å². The molecule has 0 spiro atoms. The quantitative estimate of drug-likeness (QED) is 0.874. The van der Waals surface area contributed by atoms with Crippen LogP contribution >= 0.6 is 11.6 Å². The number of benzene rings is 1. The number of hydrogen-bond acceptors (Lipinski definition) is 3. The van der Waals surface area contributed by atoms with E-state index in [9.17, 15) is 17.6 Å². The summed E-state index contributed by atoms with van der Waals surface area (Å²) in [5, 5.41) is 4.70. The second-order valence-electron chi connectivity index (χ2n) is 4.30. The van der Waals surface area contributed by atoms with E-state index in [1.165, 1.54) is 18.2 Å². The SMILES string of the molecule is O=C(Nc1cccc(Cl)c1F)NC1CCS(=O)(=O)C1. The first-order valence-electron chi connectivity index (χ1n) is 5.59. The van der Waals surface area contributed by atoms with Crippen molar-refractivity contribution in [1.29, 1.82) is 0 Å². The number of carbonyl (C=O) groups is 1. The fourth-order valence-electron chi connectivity index (χ4n) is 1.85. The highest BCUT2D eigenvalue weighted by Crippen LogP contribution is 2.22. The van der Waals surface area contributed by atoms with Gasteiger partial charge in [0, 0.05) is 6.04 Å². The molecule has 8 heteroatoms. The first-order chi connectivity index (χ1) is 8.87. The fourth-order valence-corrected chi connectivity index (χ4v) is 3.70. The van der Waals surface area contributed by atoms with E-state index in [0.717, 1.165) is 0 Å². The molecule has 0 bridgehead atoms. The van der Waals surface area contributed by atoms with Crippen molar-refractivity contribution in [1.82, 2.24) is 5.32 Å². The average molecular weight is 307 g/mol. The van der Waals surface area contributed by atoms with Gasteiger partial charge in [0.2, 0.25) is 0 Å². The summed E-state index contributed by atoms with van der Waals surface area (Å²) in [5.74, 6) is -0.750. The molecule has 0 saturated carbocycles. The molecule has 0 aliphatic carbocycles. The minimum Gasteiger partial charge on any atom is -0.334 e. The summed E-state index contributed by atoms with van der Waals surface area (Å²) in [7, 11) is -3.07. The molecule has 5 nitrogen and oxygen atoms in total. The summed E-state index contributed by atoms with van der Waals surface area (Å²) >= 11 is 5.58. The number of anilines is 1. The number of nitrogens with one attached hydrogen (secondary N) is 2. The maximum Gasteiger partial charge on any atom is 0.319 e. The van der Waals surface area contributed by atoms with Gasteiger partial charge in [0.05, 0.1) is 22.2 Å². The van der Waals surface area contributed by atoms with Gasteiger partial charge in [-0.05, 0) is 18.6 Å². The zero-order valence-corrected chi connectivity index (χ0v) is 11.4. The summed E-state index contributed by atoms with van der Waals surface area (Å²) in [5.41, 5.74) is -0.0501. The van der Waals surface area contributed by atoms with E-state index in [1.54, 1.807) is 0 Å². The van der Waals surface area contributed by atoms with Crippen LogP contribution in [0.3, 0.4) is 0 Å². The third-order valence-corrected chi connectivity index (χ3v) is 4.83. The summed E-state index contributed by atoms with van der Waals surface area (Å²) in [4.78, 5) is 11.6. The highest BCUT2D eigenvalue weighted by Gasteiger charge is 2.29. The van der Waals surface area contributed by atoms with Gasteiger partial charge in [0.15, 0.2) is 15.7 Å². The molecule has 1 unspecified atom stereocenters. The second-order valence-corrected chi connectivity index (χ2v) is 6.94. The molecule has 1 aromatic carbocycles. The van der Waals surface area contributed by atoms with Crippen LogP contribution in [0.25, 0.3) is 0 Å². The lowest BCUT2D eigenvalue weighted by molar-refractivity contribution is 0.249. The van der Waals surface area contributed by atoms with E-state index in [-0.39, 0.29) is 22.2 Å². The Morgan fingerprint density at radius 2 is 2.16 bits per heavy atom. The molecule has 1 heterocycles. The van der Waals surface area contributed by atoms with Crippen LogP contribution in [0.4, 0.5) is 14.9 Å². The molecule has 1 aliphatic rings. The molecule has 1 atom stereocenters. The topological polar surface area (TPSA) is 75.3 Å². The molecule has 1 saturated heterocycles. The van der Waals surface area contributed by atoms with Gasteiger partial charge in [-0.3, -0.25) is 0 Å².